The van der Waals surface area contributed by atoms with E-state index in [1.54, 1.807) is 0 Å². The predicted molar refractivity (Wildman–Crippen MR) is 67.1 cm³/mol. The summed E-state index contributed by atoms with van der Waals surface area (Å²) in [5.74, 6) is -1.43. The molecule has 1 N–H and O–H groups in total. The zero-order valence-corrected chi connectivity index (χ0v) is 11.5. The van der Waals surface area contributed by atoms with Crippen molar-refractivity contribution in [1.29, 1.82) is 0 Å². The van der Waals surface area contributed by atoms with Crippen molar-refractivity contribution in [1.82, 2.24) is 0 Å². The first-order valence-electron chi connectivity index (χ1n) is 5.04. The van der Waals surface area contributed by atoms with Gasteiger partial charge in [0.25, 0.3) is 0 Å². The molecule has 18 heavy (non-hydrogen) atoms. The van der Waals surface area contributed by atoms with E-state index in [1.807, 2.05) is 0 Å². The minimum absolute atomic E-state index is 0.0384. The molecule has 5 nitrogen and oxygen atoms in total. The first-order chi connectivity index (χ1) is 8.29. The molecule has 0 amide bonds. The van der Waals surface area contributed by atoms with Crippen LogP contribution in [0.4, 0.5) is 0 Å². The Bertz CT molecular complexity index is 565. The van der Waals surface area contributed by atoms with Crippen LogP contribution in [0.15, 0.2) is 17.0 Å². The zero-order valence-electron chi connectivity index (χ0n) is 9.94. The third-order valence-corrected chi connectivity index (χ3v) is 4.46. The minimum atomic E-state index is -3.60. The second-order valence-electron chi connectivity index (χ2n) is 3.69. The summed E-state index contributed by atoms with van der Waals surface area (Å²) in [5.41, 5.74) is 0.0708. The van der Waals surface area contributed by atoms with Crippen molar-refractivity contribution in [2.75, 3.05) is 19.5 Å². The number of ether oxygens (including phenoxy) is 1. The molecule has 0 aromatic heterocycles. The van der Waals surface area contributed by atoms with Crippen LogP contribution in [0.3, 0.4) is 0 Å². The molecule has 0 unspecified atom stereocenters. The topological polar surface area (TPSA) is 80.7 Å². The number of rotatable bonds is 5. The maximum Gasteiger partial charge on any atom is 0.336 e. The molecule has 0 spiro atoms. The molecular formula is C11H13ClO5S. The number of halogens is 1. The van der Waals surface area contributed by atoms with Crippen LogP contribution in [-0.2, 0) is 14.6 Å². The van der Waals surface area contributed by atoms with Crippen molar-refractivity contribution in [3.05, 3.63) is 28.3 Å². The van der Waals surface area contributed by atoms with Gasteiger partial charge in [-0.15, -0.1) is 0 Å². The Labute approximate surface area is 110 Å². The first kappa shape index (κ1) is 14.9. The van der Waals surface area contributed by atoms with E-state index in [-0.39, 0.29) is 33.4 Å². The first-order valence-corrected chi connectivity index (χ1v) is 7.07. The quantitative estimate of drug-likeness (QED) is 0.894. The van der Waals surface area contributed by atoms with Crippen molar-refractivity contribution in [2.24, 2.45) is 0 Å². The van der Waals surface area contributed by atoms with Crippen LogP contribution in [0.25, 0.3) is 0 Å². The molecule has 0 radical (unpaired) electrons. The van der Waals surface area contributed by atoms with E-state index in [9.17, 15) is 13.2 Å². The number of methoxy groups -OCH3 is 1. The number of benzene rings is 1. The molecule has 1 rings (SSSR count). The standard InChI is InChI=1S/C11H13ClO5S/c1-7-9(11(13)14)5-8(12)6-10(7)18(15,16)4-3-17-2/h5-6H,3-4H2,1-2H3,(H,13,14). The highest BCUT2D eigenvalue weighted by Crippen LogP contribution is 2.25. The number of carboxylic acid groups (broad SMARTS) is 1. The third kappa shape index (κ3) is 3.22. The fourth-order valence-electron chi connectivity index (χ4n) is 1.50. The Morgan fingerprint density at radius 3 is 2.56 bits per heavy atom. The van der Waals surface area contributed by atoms with E-state index < -0.39 is 15.8 Å². The highest BCUT2D eigenvalue weighted by atomic mass is 35.5. The Morgan fingerprint density at radius 1 is 1.44 bits per heavy atom. The molecule has 0 bridgehead atoms. The molecule has 1 aromatic carbocycles. The molecule has 1 aromatic rings. The molecule has 0 fully saturated rings. The predicted octanol–water partition coefficient (Wildman–Crippen LogP) is 1.77. The Morgan fingerprint density at radius 2 is 2.06 bits per heavy atom. The van der Waals surface area contributed by atoms with Crippen LogP contribution in [0.1, 0.15) is 15.9 Å². The van der Waals surface area contributed by atoms with E-state index in [1.165, 1.54) is 26.2 Å². The largest absolute Gasteiger partial charge is 0.478 e. The number of hydrogen-bond acceptors (Lipinski definition) is 4. The number of sulfone groups is 1. The molecule has 0 aliphatic heterocycles. The Hall–Kier alpha value is -1.11. The summed E-state index contributed by atoms with van der Waals surface area (Å²) < 4.78 is 28.7. The number of carbonyl (C=O) groups is 1. The van der Waals surface area contributed by atoms with Gasteiger partial charge in [-0.25, -0.2) is 13.2 Å². The van der Waals surface area contributed by atoms with Crippen molar-refractivity contribution in [3.63, 3.8) is 0 Å². The second kappa shape index (κ2) is 5.69. The Kier molecular flexibility index (Phi) is 4.72. The molecule has 0 aliphatic rings. The van der Waals surface area contributed by atoms with Crippen molar-refractivity contribution in [2.45, 2.75) is 11.8 Å². The van der Waals surface area contributed by atoms with Gasteiger partial charge in [-0.1, -0.05) is 11.6 Å². The van der Waals surface area contributed by atoms with Crippen LogP contribution < -0.4 is 0 Å². The lowest BCUT2D eigenvalue weighted by molar-refractivity contribution is 0.0696. The summed E-state index contributed by atoms with van der Waals surface area (Å²) in [4.78, 5) is 10.9. The lowest BCUT2D eigenvalue weighted by Crippen LogP contribution is -2.14. The number of hydrogen-bond donors (Lipinski definition) is 1. The van der Waals surface area contributed by atoms with E-state index in [0.29, 0.717) is 0 Å². The van der Waals surface area contributed by atoms with Crippen molar-refractivity contribution < 1.29 is 23.1 Å². The highest BCUT2D eigenvalue weighted by molar-refractivity contribution is 7.91. The second-order valence-corrected chi connectivity index (χ2v) is 6.21. The summed E-state index contributed by atoms with van der Waals surface area (Å²) in [6.45, 7) is 1.48. The van der Waals surface area contributed by atoms with Crippen molar-refractivity contribution in [3.8, 4) is 0 Å². The van der Waals surface area contributed by atoms with E-state index in [4.69, 9.17) is 21.4 Å². The van der Waals surface area contributed by atoms with Gasteiger partial charge >= 0.3 is 5.97 Å². The summed E-state index contributed by atoms with van der Waals surface area (Å²) >= 11 is 5.75. The molecule has 0 atom stereocenters. The summed E-state index contributed by atoms with van der Waals surface area (Å²) in [5, 5.41) is 9.06. The molecule has 0 aliphatic carbocycles. The molecule has 0 saturated carbocycles. The number of carboxylic acids is 1. The zero-order chi connectivity index (χ0) is 13.9. The van der Waals surface area contributed by atoms with E-state index >= 15 is 0 Å². The number of aromatic carboxylic acids is 1. The molecular weight excluding hydrogens is 280 g/mol. The Balaban J connectivity index is 3.37. The normalized spacial score (nSPS) is 11.5. The maximum absolute atomic E-state index is 12.0. The van der Waals surface area contributed by atoms with Gasteiger partial charge in [0.2, 0.25) is 0 Å². The van der Waals surface area contributed by atoms with Crippen molar-refractivity contribution >= 4 is 27.4 Å². The minimum Gasteiger partial charge on any atom is -0.478 e. The lowest BCUT2D eigenvalue weighted by Gasteiger charge is -2.10. The van der Waals surface area contributed by atoms with Gasteiger partial charge in [0, 0.05) is 12.1 Å². The summed E-state index contributed by atoms with van der Waals surface area (Å²) in [7, 11) is -2.21. The van der Waals surface area contributed by atoms with Crippen LogP contribution in [0, 0.1) is 6.92 Å². The maximum atomic E-state index is 12.0. The van der Waals surface area contributed by atoms with Crippen LogP contribution >= 0.6 is 11.6 Å². The summed E-state index contributed by atoms with van der Waals surface area (Å²) in [6.07, 6.45) is 0. The van der Waals surface area contributed by atoms with Gasteiger partial charge in [0.15, 0.2) is 9.84 Å². The van der Waals surface area contributed by atoms with Crippen LogP contribution in [-0.4, -0.2) is 39.0 Å². The summed E-state index contributed by atoms with van der Waals surface area (Å²) in [6, 6.07) is 2.49. The lowest BCUT2D eigenvalue weighted by atomic mass is 10.1. The average molecular weight is 293 g/mol. The van der Waals surface area contributed by atoms with Gasteiger partial charge in [0.1, 0.15) is 0 Å². The third-order valence-electron chi connectivity index (χ3n) is 2.45. The van der Waals surface area contributed by atoms with Crippen LogP contribution in [0.5, 0.6) is 0 Å². The fraction of sp³-hybridized carbons (Fsp3) is 0.364. The highest BCUT2D eigenvalue weighted by Gasteiger charge is 2.21. The van der Waals surface area contributed by atoms with Crippen LogP contribution in [0.2, 0.25) is 5.02 Å². The van der Waals surface area contributed by atoms with E-state index in [2.05, 4.69) is 0 Å². The monoisotopic (exact) mass is 292 g/mol. The fourth-order valence-corrected chi connectivity index (χ4v) is 3.27. The van der Waals surface area contributed by atoms with Gasteiger partial charge in [-0.3, -0.25) is 0 Å². The van der Waals surface area contributed by atoms with E-state index in [0.717, 1.165) is 0 Å². The molecule has 0 heterocycles. The average Bonchev–Trinajstić information content (AvgIpc) is 2.28. The molecule has 100 valence electrons. The van der Waals surface area contributed by atoms with Gasteiger partial charge in [-0.2, -0.15) is 0 Å². The SMILES string of the molecule is COCCS(=O)(=O)c1cc(Cl)cc(C(=O)O)c1C. The smallest absolute Gasteiger partial charge is 0.336 e. The van der Waals surface area contributed by atoms with Gasteiger partial charge in [-0.05, 0) is 24.6 Å². The van der Waals surface area contributed by atoms with Gasteiger partial charge < -0.3 is 9.84 Å². The molecule has 0 saturated heterocycles. The van der Waals surface area contributed by atoms with Gasteiger partial charge in [0.05, 0.1) is 22.8 Å². The molecule has 7 heteroatoms.